The van der Waals surface area contributed by atoms with Crippen LogP contribution in [0.5, 0.6) is 0 Å². The van der Waals surface area contributed by atoms with Crippen LogP contribution in [0.15, 0.2) is 29.8 Å². The molecule has 4 nitrogen and oxygen atoms in total. The van der Waals surface area contributed by atoms with E-state index in [0.29, 0.717) is 5.13 Å². The summed E-state index contributed by atoms with van der Waals surface area (Å²) in [5, 5.41) is 7.08. The number of aromatic nitrogens is 1. The molecule has 0 aliphatic heterocycles. The zero-order valence-electron chi connectivity index (χ0n) is 11.0. The molecule has 1 heterocycles. The molecule has 0 saturated heterocycles. The van der Waals surface area contributed by atoms with Crippen molar-refractivity contribution in [1.29, 1.82) is 0 Å². The van der Waals surface area contributed by atoms with Crippen molar-refractivity contribution >= 4 is 28.1 Å². The average molecular weight is 315 g/mol. The summed E-state index contributed by atoms with van der Waals surface area (Å²) in [5.74, 6) is -0.632. The van der Waals surface area contributed by atoms with Gasteiger partial charge in [0.25, 0.3) is 5.91 Å². The summed E-state index contributed by atoms with van der Waals surface area (Å²) in [5.41, 5.74) is -1.15. The van der Waals surface area contributed by atoms with Crippen LogP contribution in [0.2, 0.25) is 0 Å². The average Bonchev–Trinajstić information content (AvgIpc) is 2.90. The number of thiazole rings is 1. The number of nitrogens with zero attached hydrogens (tertiary/aromatic N) is 1. The Morgan fingerprint density at radius 1 is 1.38 bits per heavy atom. The minimum atomic E-state index is -4.53. The number of anilines is 2. The second-order valence-electron chi connectivity index (χ2n) is 4.05. The molecule has 0 atom stereocenters. The van der Waals surface area contributed by atoms with Crippen molar-refractivity contribution < 1.29 is 18.0 Å². The topological polar surface area (TPSA) is 54.0 Å². The second kappa shape index (κ2) is 6.13. The van der Waals surface area contributed by atoms with E-state index in [0.717, 1.165) is 6.07 Å². The summed E-state index contributed by atoms with van der Waals surface area (Å²) in [6.45, 7) is 1.93. The molecule has 2 aromatic rings. The maximum atomic E-state index is 13.0. The zero-order valence-corrected chi connectivity index (χ0v) is 11.8. The molecular formula is C13H12F3N3OS. The number of benzene rings is 1. The third kappa shape index (κ3) is 3.52. The molecular weight excluding hydrogens is 303 g/mol. The number of para-hydroxylation sites is 1. The van der Waals surface area contributed by atoms with Crippen LogP contribution < -0.4 is 10.6 Å². The van der Waals surface area contributed by atoms with Gasteiger partial charge in [-0.1, -0.05) is 6.07 Å². The van der Waals surface area contributed by atoms with Gasteiger partial charge in [0.2, 0.25) is 0 Å². The van der Waals surface area contributed by atoms with Crippen molar-refractivity contribution in [2.24, 2.45) is 0 Å². The third-order valence-corrected chi connectivity index (χ3v) is 3.31. The normalized spacial score (nSPS) is 11.2. The molecule has 8 heteroatoms. The Hall–Kier alpha value is -2.09. The van der Waals surface area contributed by atoms with Crippen LogP contribution in [0, 0.1) is 0 Å². The van der Waals surface area contributed by atoms with Crippen LogP contribution in [0.25, 0.3) is 0 Å². The third-order valence-electron chi connectivity index (χ3n) is 2.62. The van der Waals surface area contributed by atoms with Gasteiger partial charge in [0.15, 0.2) is 5.13 Å². The fourth-order valence-electron chi connectivity index (χ4n) is 1.79. The first kappa shape index (κ1) is 15.3. The van der Waals surface area contributed by atoms with Crippen LogP contribution >= 0.6 is 11.3 Å². The van der Waals surface area contributed by atoms with E-state index in [9.17, 15) is 18.0 Å². The molecule has 0 aliphatic rings. The lowest BCUT2D eigenvalue weighted by Gasteiger charge is -2.17. The van der Waals surface area contributed by atoms with Crippen molar-refractivity contribution in [3.63, 3.8) is 0 Å². The van der Waals surface area contributed by atoms with Crippen molar-refractivity contribution in [2.45, 2.75) is 13.1 Å². The summed E-state index contributed by atoms with van der Waals surface area (Å²) in [6.07, 6.45) is -3.04. The monoisotopic (exact) mass is 315 g/mol. The summed E-state index contributed by atoms with van der Waals surface area (Å²) < 4.78 is 39.0. The van der Waals surface area contributed by atoms with Gasteiger partial charge in [-0.2, -0.15) is 13.2 Å². The lowest BCUT2D eigenvalue weighted by atomic mass is 10.1. The van der Waals surface area contributed by atoms with Crippen LogP contribution in [0.3, 0.4) is 0 Å². The van der Waals surface area contributed by atoms with E-state index >= 15 is 0 Å². The number of carbonyl (C=O) groups excluding carboxylic acids is 1. The molecule has 1 aromatic carbocycles. The first-order valence-electron chi connectivity index (χ1n) is 6.08. The van der Waals surface area contributed by atoms with Gasteiger partial charge in [-0.25, -0.2) is 4.98 Å². The molecule has 1 aromatic heterocycles. The standard InChI is InChI=1S/C13H12F3N3OS/c1-2-17-10-8(4-3-5-9(10)13(14,15)16)11(20)19-12-18-6-7-21-12/h3-7,17H,2H2,1H3,(H,18,19,20). The summed E-state index contributed by atoms with van der Waals surface area (Å²) >= 11 is 1.19. The number of rotatable bonds is 4. The Morgan fingerprint density at radius 2 is 2.14 bits per heavy atom. The molecule has 0 unspecified atom stereocenters. The number of hydrogen-bond donors (Lipinski definition) is 2. The van der Waals surface area contributed by atoms with E-state index in [-0.39, 0.29) is 17.8 Å². The predicted molar refractivity (Wildman–Crippen MR) is 75.7 cm³/mol. The van der Waals surface area contributed by atoms with E-state index < -0.39 is 17.6 Å². The molecule has 0 spiro atoms. The molecule has 21 heavy (non-hydrogen) atoms. The van der Waals surface area contributed by atoms with Crippen LogP contribution in [0.1, 0.15) is 22.8 Å². The van der Waals surface area contributed by atoms with E-state index in [1.807, 2.05) is 0 Å². The number of hydrogen-bond acceptors (Lipinski definition) is 4. The van der Waals surface area contributed by atoms with Crippen molar-refractivity contribution in [3.05, 3.63) is 40.9 Å². The summed E-state index contributed by atoms with van der Waals surface area (Å²) in [6, 6.07) is 3.49. The molecule has 0 bridgehead atoms. The van der Waals surface area contributed by atoms with Crippen LogP contribution in [0.4, 0.5) is 24.0 Å². The highest BCUT2D eigenvalue weighted by atomic mass is 32.1. The quantitative estimate of drug-likeness (QED) is 0.901. The summed E-state index contributed by atoms with van der Waals surface area (Å²) in [4.78, 5) is 16.0. The SMILES string of the molecule is CCNc1c(C(=O)Nc2nccs2)cccc1C(F)(F)F. The van der Waals surface area contributed by atoms with Gasteiger partial charge in [-0.05, 0) is 19.1 Å². The fourth-order valence-corrected chi connectivity index (χ4v) is 2.32. The van der Waals surface area contributed by atoms with Gasteiger partial charge in [0, 0.05) is 18.1 Å². The smallest absolute Gasteiger partial charge is 0.384 e. The first-order chi connectivity index (χ1) is 9.93. The molecule has 1 amide bonds. The van der Waals surface area contributed by atoms with Gasteiger partial charge in [0.05, 0.1) is 16.8 Å². The molecule has 0 radical (unpaired) electrons. The number of amides is 1. The maximum absolute atomic E-state index is 13.0. The molecule has 0 fully saturated rings. The highest BCUT2D eigenvalue weighted by Gasteiger charge is 2.35. The maximum Gasteiger partial charge on any atom is 0.418 e. The van der Waals surface area contributed by atoms with E-state index in [2.05, 4.69) is 15.6 Å². The molecule has 2 N–H and O–H groups in total. The Labute approximate surface area is 123 Å². The number of halogens is 3. The molecule has 2 rings (SSSR count). The number of nitrogens with one attached hydrogen (secondary N) is 2. The minimum absolute atomic E-state index is 0.0677. The summed E-state index contributed by atoms with van der Waals surface area (Å²) in [7, 11) is 0. The fraction of sp³-hybridized carbons (Fsp3) is 0.231. The Bertz CT molecular complexity index is 626. The van der Waals surface area contributed by atoms with Crippen LogP contribution in [-0.2, 0) is 6.18 Å². The van der Waals surface area contributed by atoms with E-state index in [1.165, 1.54) is 29.7 Å². The highest BCUT2D eigenvalue weighted by molar-refractivity contribution is 7.13. The number of alkyl halides is 3. The van der Waals surface area contributed by atoms with Gasteiger partial charge in [-0.3, -0.25) is 10.1 Å². The first-order valence-corrected chi connectivity index (χ1v) is 6.96. The Morgan fingerprint density at radius 3 is 2.71 bits per heavy atom. The Kier molecular flexibility index (Phi) is 4.46. The predicted octanol–water partition coefficient (Wildman–Crippen LogP) is 3.85. The molecule has 0 saturated carbocycles. The molecule has 112 valence electrons. The van der Waals surface area contributed by atoms with Crippen molar-refractivity contribution in [3.8, 4) is 0 Å². The largest absolute Gasteiger partial charge is 0.418 e. The van der Waals surface area contributed by atoms with Crippen LogP contribution in [-0.4, -0.2) is 17.4 Å². The van der Waals surface area contributed by atoms with E-state index in [1.54, 1.807) is 12.3 Å². The lowest BCUT2D eigenvalue weighted by Crippen LogP contribution is -2.18. The lowest BCUT2D eigenvalue weighted by molar-refractivity contribution is -0.136. The Balaban J connectivity index is 2.40. The van der Waals surface area contributed by atoms with Crippen molar-refractivity contribution in [1.82, 2.24) is 4.98 Å². The highest BCUT2D eigenvalue weighted by Crippen LogP contribution is 2.36. The van der Waals surface area contributed by atoms with Gasteiger partial charge in [-0.15, -0.1) is 11.3 Å². The molecule has 0 aliphatic carbocycles. The van der Waals surface area contributed by atoms with Gasteiger partial charge < -0.3 is 5.32 Å². The van der Waals surface area contributed by atoms with Gasteiger partial charge in [0.1, 0.15) is 0 Å². The second-order valence-corrected chi connectivity index (χ2v) is 4.94. The van der Waals surface area contributed by atoms with E-state index in [4.69, 9.17) is 0 Å². The van der Waals surface area contributed by atoms with Crippen molar-refractivity contribution in [2.75, 3.05) is 17.2 Å². The number of carbonyl (C=O) groups is 1. The minimum Gasteiger partial charge on any atom is -0.384 e. The zero-order chi connectivity index (χ0) is 15.5. The van der Waals surface area contributed by atoms with Gasteiger partial charge >= 0.3 is 6.18 Å².